The average Bonchev–Trinajstić information content (AvgIpc) is 3.39. The smallest absolute Gasteiger partial charge is 0.194 e. The Morgan fingerprint density at radius 2 is 2.16 bits per heavy atom. The van der Waals surface area contributed by atoms with Crippen molar-refractivity contribution in [3.05, 3.63) is 59.0 Å². The van der Waals surface area contributed by atoms with Crippen molar-refractivity contribution in [3.8, 4) is 22.8 Å². The van der Waals surface area contributed by atoms with Crippen LogP contribution in [-0.4, -0.2) is 42.0 Å². The Bertz CT molecular complexity index is 1090. The number of guanidine groups is 1. The monoisotopic (exact) mass is 449 g/mol. The first kappa shape index (κ1) is 22.3. The van der Waals surface area contributed by atoms with E-state index < -0.39 is 0 Å². The molecule has 168 valence electrons. The molecule has 1 aliphatic rings. The summed E-state index contributed by atoms with van der Waals surface area (Å²) in [6.45, 7) is 6.05. The average molecular weight is 450 g/mol. The van der Waals surface area contributed by atoms with Crippen LogP contribution in [0.25, 0.3) is 11.3 Å². The quantitative estimate of drug-likeness (QED) is 0.372. The summed E-state index contributed by atoms with van der Waals surface area (Å²) in [6.07, 6.45) is 3.56. The van der Waals surface area contributed by atoms with Gasteiger partial charge in [0.05, 0.1) is 5.69 Å². The van der Waals surface area contributed by atoms with Gasteiger partial charge in [-0.15, -0.1) is 11.3 Å². The molecule has 1 unspecified atom stereocenters. The summed E-state index contributed by atoms with van der Waals surface area (Å²) in [6, 6.07) is 14.8. The number of thiazole rings is 1. The lowest BCUT2D eigenvalue weighted by Gasteiger charge is -2.17. The number of nitrogens with two attached hydrogens (primary N) is 1. The van der Waals surface area contributed by atoms with Gasteiger partial charge in [0.2, 0.25) is 0 Å². The van der Waals surface area contributed by atoms with E-state index in [1.54, 1.807) is 0 Å². The Morgan fingerprint density at radius 3 is 2.94 bits per heavy atom. The molecule has 6 nitrogen and oxygen atoms in total. The van der Waals surface area contributed by atoms with Gasteiger partial charge in [0, 0.05) is 23.5 Å². The van der Waals surface area contributed by atoms with E-state index in [9.17, 15) is 0 Å². The molecule has 7 heteroatoms. The van der Waals surface area contributed by atoms with E-state index in [1.807, 2.05) is 35.7 Å². The fourth-order valence-electron chi connectivity index (χ4n) is 4.05. The lowest BCUT2D eigenvalue weighted by Crippen LogP contribution is -2.27. The van der Waals surface area contributed by atoms with Crippen LogP contribution >= 0.6 is 11.3 Å². The number of aromatic nitrogens is 1. The van der Waals surface area contributed by atoms with Gasteiger partial charge in [-0.25, -0.2) is 4.98 Å². The zero-order valence-corrected chi connectivity index (χ0v) is 19.8. The van der Waals surface area contributed by atoms with E-state index in [0.717, 1.165) is 46.4 Å². The van der Waals surface area contributed by atoms with Crippen LogP contribution in [0.4, 0.5) is 5.13 Å². The number of benzene rings is 2. The van der Waals surface area contributed by atoms with Crippen molar-refractivity contribution in [2.24, 2.45) is 10.7 Å². The van der Waals surface area contributed by atoms with Crippen molar-refractivity contribution in [1.29, 1.82) is 0 Å². The molecule has 1 aliphatic heterocycles. The molecule has 1 saturated heterocycles. The summed E-state index contributed by atoms with van der Waals surface area (Å²) in [5, 5.41) is 5.88. The molecular formula is C25H31N5OS. The molecule has 0 amide bonds. The molecule has 3 N–H and O–H groups in total. The molecule has 3 aromatic rings. The largest absolute Gasteiger partial charge is 0.457 e. The van der Waals surface area contributed by atoms with Gasteiger partial charge in [0.15, 0.2) is 11.1 Å². The van der Waals surface area contributed by atoms with Gasteiger partial charge in [0.1, 0.15) is 11.5 Å². The molecule has 0 spiro atoms. The van der Waals surface area contributed by atoms with Gasteiger partial charge in [-0.3, -0.25) is 4.99 Å². The second kappa shape index (κ2) is 10.1. The SMILES string of the molecule is Cc1ccc(Oc2cccc(-c3csc(NC(N)=NCCC4CCCN4C)n3)c2)c(C)c1. The minimum atomic E-state index is 0.415. The summed E-state index contributed by atoms with van der Waals surface area (Å²) in [4.78, 5) is 11.6. The van der Waals surface area contributed by atoms with Crippen molar-refractivity contribution in [1.82, 2.24) is 9.88 Å². The molecule has 1 fully saturated rings. The molecule has 1 atom stereocenters. The topological polar surface area (TPSA) is 75.8 Å². The van der Waals surface area contributed by atoms with Crippen LogP contribution in [0.1, 0.15) is 30.4 Å². The highest BCUT2D eigenvalue weighted by Gasteiger charge is 2.19. The number of aliphatic imine (C=N–C) groups is 1. The predicted octanol–water partition coefficient (Wildman–Crippen LogP) is 5.43. The second-order valence-corrected chi connectivity index (χ2v) is 9.25. The third kappa shape index (κ3) is 5.66. The van der Waals surface area contributed by atoms with Crippen molar-refractivity contribution in [2.75, 3.05) is 25.5 Å². The Balaban J connectivity index is 1.37. The highest BCUT2D eigenvalue weighted by molar-refractivity contribution is 7.14. The number of rotatable bonds is 7. The van der Waals surface area contributed by atoms with E-state index in [0.29, 0.717) is 12.0 Å². The minimum Gasteiger partial charge on any atom is -0.457 e. The molecule has 32 heavy (non-hydrogen) atoms. The summed E-state index contributed by atoms with van der Waals surface area (Å²) in [7, 11) is 2.18. The van der Waals surface area contributed by atoms with E-state index in [1.165, 1.54) is 36.3 Å². The molecule has 1 aromatic heterocycles. The van der Waals surface area contributed by atoms with E-state index in [-0.39, 0.29) is 0 Å². The Hall–Kier alpha value is -2.90. The van der Waals surface area contributed by atoms with E-state index in [4.69, 9.17) is 10.5 Å². The third-order valence-corrected chi connectivity index (χ3v) is 6.60. The summed E-state index contributed by atoms with van der Waals surface area (Å²) in [5.41, 5.74) is 10.3. The van der Waals surface area contributed by atoms with Crippen molar-refractivity contribution in [2.45, 2.75) is 39.2 Å². The van der Waals surface area contributed by atoms with Crippen molar-refractivity contribution >= 4 is 22.4 Å². The highest BCUT2D eigenvalue weighted by Crippen LogP contribution is 2.31. The Kier molecular flexibility index (Phi) is 7.07. The number of ether oxygens (including phenoxy) is 1. The fraction of sp³-hybridized carbons (Fsp3) is 0.360. The maximum atomic E-state index is 6.11. The molecule has 0 bridgehead atoms. The minimum absolute atomic E-state index is 0.415. The fourth-order valence-corrected chi connectivity index (χ4v) is 4.78. The van der Waals surface area contributed by atoms with Crippen molar-refractivity contribution < 1.29 is 4.74 Å². The maximum Gasteiger partial charge on any atom is 0.194 e. The van der Waals surface area contributed by atoms with Gasteiger partial charge in [-0.05, 0) is 70.5 Å². The predicted molar refractivity (Wildman–Crippen MR) is 134 cm³/mol. The van der Waals surface area contributed by atoms with Gasteiger partial charge < -0.3 is 20.7 Å². The van der Waals surface area contributed by atoms with E-state index in [2.05, 4.69) is 53.2 Å². The first-order chi connectivity index (χ1) is 15.5. The lowest BCUT2D eigenvalue weighted by molar-refractivity contribution is 0.299. The van der Waals surface area contributed by atoms with Gasteiger partial charge >= 0.3 is 0 Å². The summed E-state index contributed by atoms with van der Waals surface area (Å²) >= 11 is 1.51. The molecule has 0 saturated carbocycles. The van der Waals surface area contributed by atoms with Gasteiger partial charge in [-0.2, -0.15) is 0 Å². The maximum absolute atomic E-state index is 6.11. The number of hydrogen-bond acceptors (Lipinski definition) is 5. The molecule has 2 heterocycles. The summed E-state index contributed by atoms with van der Waals surface area (Å²) in [5.74, 6) is 2.06. The lowest BCUT2D eigenvalue weighted by atomic mass is 10.1. The van der Waals surface area contributed by atoms with Crippen molar-refractivity contribution in [3.63, 3.8) is 0 Å². The molecular weight excluding hydrogens is 418 g/mol. The van der Waals surface area contributed by atoms with Crippen LogP contribution in [0.2, 0.25) is 0 Å². The van der Waals surface area contributed by atoms with Crippen LogP contribution in [0.3, 0.4) is 0 Å². The van der Waals surface area contributed by atoms with Crippen LogP contribution < -0.4 is 15.8 Å². The van der Waals surface area contributed by atoms with Gasteiger partial charge in [-0.1, -0.05) is 29.8 Å². The molecule has 0 radical (unpaired) electrons. The zero-order chi connectivity index (χ0) is 22.5. The standard InChI is InChI=1S/C25H31N5OS/c1-17-9-10-23(18(2)14-17)31-21-8-4-6-19(15-21)22-16-32-25(28-22)29-24(26)27-12-11-20-7-5-13-30(20)3/h4,6,8-10,14-16,20H,5,7,11-13H2,1-3H3,(H3,26,27,28,29). The zero-order valence-electron chi connectivity index (χ0n) is 19.0. The van der Waals surface area contributed by atoms with E-state index >= 15 is 0 Å². The molecule has 0 aliphatic carbocycles. The number of hydrogen-bond donors (Lipinski definition) is 2. The number of nitrogens with one attached hydrogen (secondary N) is 1. The first-order valence-corrected chi connectivity index (χ1v) is 11.9. The van der Waals surface area contributed by atoms with Crippen LogP contribution in [0.5, 0.6) is 11.5 Å². The summed E-state index contributed by atoms with van der Waals surface area (Å²) < 4.78 is 6.11. The third-order valence-electron chi connectivity index (χ3n) is 5.84. The van der Waals surface area contributed by atoms with Crippen LogP contribution in [0, 0.1) is 13.8 Å². The van der Waals surface area contributed by atoms with Crippen LogP contribution in [0.15, 0.2) is 52.8 Å². The first-order valence-electron chi connectivity index (χ1n) is 11.1. The second-order valence-electron chi connectivity index (χ2n) is 8.39. The Morgan fingerprint density at radius 1 is 1.28 bits per heavy atom. The number of aryl methyl sites for hydroxylation is 2. The van der Waals surface area contributed by atoms with Gasteiger partial charge in [0.25, 0.3) is 0 Å². The Labute approximate surface area is 194 Å². The van der Waals surface area contributed by atoms with Crippen LogP contribution in [-0.2, 0) is 0 Å². The number of anilines is 1. The molecule has 4 rings (SSSR count). The number of likely N-dealkylation sites (tertiary alicyclic amines) is 1. The highest BCUT2D eigenvalue weighted by atomic mass is 32.1. The number of nitrogens with zero attached hydrogens (tertiary/aromatic N) is 3. The normalized spacial score (nSPS) is 17.0. The molecule has 2 aromatic carbocycles.